The van der Waals surface area contributed by atoms with Gasteiger partial charge in [-0.2, -0.15) is 11.8 Å². The van der Waals surface area contributed by atoms with E-state index in [1.165, 1.54) is 12.4 Å². The average Bonchev–Trinajstić information content (AvgIpc) is 2.18. The highest BCUT2D eigenvalue weighted by Gasteiger charge is 2.13. The van der Waals surface area contributed by atoms with Gasteiger partial charge in [0.2, 0.25) is 15.3 Å². The zero-order valence-corrected chi connectivity index (χ0v) is 10.4. The molecule has 0 aliphatic rings. The van der Waals surface area contributed by atoms with Crippen molar-refractivity contribution in [3.63, 3.8) is 0 Å². The summed E-state index contributed by atoms with van der Waals surface area (Å²) in [6.07, 6.45) is 4.26. The minimum Gasteiger partial charge on any atom is -0.225 e. The number of hydrogen-bond acceptors (Lipinski definition) is 5. The number of aromatic nitrogens is 2. The van der Waals surface area contributed by atoms with Crippen molar-refractivity contribution < 1.29 is 8.42 Å². The molecule has 0 amide bonds. The molecule has 1 N–H and O–H groups in total. The normalized spacial score (nSPS) is 11.6. The van der Waals surface area contributed by atoms with Crippen molar-refractivity contribution in [2.45, 2.75) is 4.90 Å². The first-order chi connectivity index (χ1) is 7.06. The SMILES string of the molecule is CSCCNS(=O)(=O)c1cnc(Cl)nc1. The Balaban J connectivity index is 2.73. The van der Waals surface area contributed by atoms with E-state index in [0.29, 0.717) is 12.3 Å². The molecule has 0 aliphatic carbocycles. The van der Waals surface area contributed by atoms with E-state index < -0.39 is 10.0 Å². The van der Waals surface area contributed by atoms with Gasteiger partial charge in [-0.05, 0) is 17.9 Å². The van der Waals surface area contributed by atoms with Crippen LogP contribution in [0.5, 0.6) is 0 Å². The topological polar surface area (TPSA) is 72.0 Å². The monoisotopic (exact) mass is 267 g/mol. The van der Waals surface area contributed by atoms with Gasteiger partial charge >= 0.3 is 0 Å². The van der Waals surface area contributed by atoms with E-state index >= 15 is 0 Å². The van der Waals surface area contributed by atoms with E-state index in [9.17, 15) is 8.42 Å². The van der Waals surface area contributed by atoms with Crippen LogP contribution in [-0.2, 0) is 10.0 Å². The Hall–Kier alpha value is -0.370. The molecule has 0 atom stereocenters. The molecule has 84 valence electrons. The molecule has 1 rings (SSSR count). The molecule has 5 nitrogen and oxygen atoms in total. The predicted molar refractivity (Wildman–Crippen MR) is 60.6 cm³/mol. The minimum absolute atomic E-state index is 0.0213. The molecule has 1 heterocycles. The molecule has 1 aromatic rings. The second kappa shape index (κ2) is 5.64. The van der Waals surface area contributed by atoms with Gasteiger partial charge in [0.1, 0.15) is 4.90 Å². The van der Waals surface area contributed by atoms with Crippen molar-refractivity contribution in [1.29, 1.82) is 0 Å². The Kier molecular flexibility index (Phi) is 4.78. The van der Waals surface area contributed by atoms with E-state index in [-0.39, 0.29) is 10.2 Å². The van der Waals surface area contributed by atoms with Gasteiger partial charge in [0, 0.05) is 12.3 Å². The highest BCUT2D eigenvalue weighted by atomic mass is 35.5. The Morgan fingerprint density at radius 3 is 2.60 bits per heavy atom. The summed E-state index contributed by atoms with van der Waals surface area (Å²) in [6.45, 7) is 0.381. The van der Waals surface area contributed by atoms with Crippen LogP contribution >= 0.6 is 23.4 Å². The third-order valence-electron chi connectivity index (χ3n) is 1.51. The van der Waals surface area contributed by atoms with E-state index in [1.807, 2.05) is 6.26 Å². The molecule has 1 aromatic heterocycles. The molecule has 0 saturated carbocycles. The molecule has 15 heavy (non-hydrogen) atoms. The summed E-state index contributed by atoms with van der Waals surface area (Å²) < 4.78 is 25.6. The molecule has 0 radical (unpaired) electrons. The molecule has 0 bridgehead atoms. The van der Waals surface area contributed by atoms with E-state index in [1.54, 1.807) is 11.8 Å². The molecule has 0 unspecified atom stereocenters. The zero-order valence-electron chi connectivity index (χ0n) is 7.97. The first kappa shape index (κ1) is 12.7. The second-order valence-corrected chi connectivity index (χ2v) is 5.67. The summed E-state index contributed by atoms with van der Waals surface area (Å²) in [5.74, 6) is 0.716. The van der Waals surface area contributed by atoms with Crippen molar-refractivity contribution in [3.8, 4) is 0 Å². The average molecular weight is 268 g/mol. The number of nitrogens with one attached hydrogen (secondary N) is 1. The quantitative estimate of drug-likeness (QED) is 0.630. The molecular formula is C7H10ClN3O2S2. The summed E-state index contributed by atoms with van der Waals surface area (Å²) in [6, 6.07) is 0. The number of thioether (sulfide) groups is 1. The standard InChI is InChI=1S/C7H10ClN3O2S2/c1-14-3-2-11-15(12,13)6-4-9-7(8)10-5-6/h4-5,11H,2-3H2,1H3. The molecular weight excluding hydrogens is 258 g/mol. The molecule has 8 heteroatoms. The Morgan fingerprint density at radius 1 is 1.47 bits per heavy atom. The third-order valence-corrected chi connectivity index (χ3v) is 3.73. The maximum Gasteiger partial charge on any atom is 0.243 e. The second-order valence-electron chi connectivity index (χ2n) is 2.58. The first-order valence-corrected chi connectivity index (χ1v) is 7.28. The van der Waals surface area contributed by atoms with Gasteiger partial charge in [-0.1, -0.05) is 0 Å². The van der Waals surface area contributed by atoms with Crippen molar-refractivity contribution in [2.75, 3.05) is 18.6 Å². The van der Waals surface area contributed by atoms with E-state index in [2.05, 4.69) is 14.7 Å². The van der Waals surface area contributed by atoms with Gasteiger partial charge in [0.15, 0.2) is 0 Å². The molecule has 0 saturated heterocycles. The van der Waals surface area contributed by atoms with Crippen LogP contribution in [0.15, 0.2) is 17.3 Å². The lowest BCUT2D eigenvalue weighted by Crippen LogP contribution is -2.26. The Morgan fingerprint density at radius 2 is 2.07 bits per heavy atom. The fourth-order valence-corrected chi connectivity index (χ4v) is 2.25. The summed E-state index contributed by atoms with van der Waals surface area (Å²) in [7, 11) is -3.50. The van der Waals surface area contributed by atoms with Crippen LogP contribution in [0.3, 0.4) is 0 Å². The molecule has 0 aliphatic heterocycles. The summed E-state index contributed by atoms with van der Waals surface area (Å²) in [4.78, 5) is 7.23. The van der Waals surface area contributed by atoms with E-state index in [4.69, 9.17) is 11.6 Å². The van der Waals surface area contributed by atoms with Gasteiger partial charge in [-0.3, -0.25) is 0 Å². The zero-order chi connectivity index (χ0) is 11.3. The largest absolute Gasteiger partial charge is 0.243 e. The summed E-state index contributed by atoms with van der Waals surface area (Å²) >= 11 is 7.01. The number of nitrogens with zero attached hydrogens (tertiary/aromatic N) is 2. The minimum atomic E-state index is -3.50. The van der Waals surface area contributed by atoms with Crippen LogP contribution in [0.1, 0.15) is 0 Å². The van der Waals surface area contributed by atoms with Gasteiger partial charge in [0.25, 0.3) is 0 Å². The first-order valence-electron chi connectivity index (χ1n) is 4.02. The summed E-state index contributed by atoms with van der Waals surface area (Å²) in [5, 5.41) is 0.0260. The highest BCUT2D eigenvalue weighted by Crippen LogP contribution is 2.07. The van der Waals surface area contributed by atoms with Crippen molar-refractivity contribution in [3.05, 3.63) is 17.7 Å². The summed E-state index contributed by atoms with van der Waals surface area (Å²) in [5.41, 5.74) is 0. The number of rotatable bonds is 5. The Labute approximate surface area is 97.7 Å². The van der Waals surface area contributed by atoms with Gasteiger partial charge < -0.3 is 0 Å². The smallest absolute Gasteiger partial charge is 0.225 e. The lowest BCUT2D eigenvalue weighted by Gasteiger charge is -2.04. The fraction of sp³-hybridized carbons (Fsp3) is 0.429. The van der Waals surface area contributed by atoms with E-state index in [0.717, 1.165) is 0 Å². The number of halogens is 1. The maximum absolute atomic E-state index is 11.6. The van der Waals surface area contributed by atoms with Gasteiger partial charge in [-0.25, -0.2) is 23.1 Å². The van der Waals surface area contributed by atoms with Crippen LogP contribution in [-0.4, -0.2) is 36.9 Å². The predicted octanol–water partition coefficient (Wildman–Crippen LogP) is 0.771. The van der Waals surface area contributed by atoms with Gasteiger partial charge in [-0.15, -0.1) is 0 Å². The third kappa shape index (κ3) is 3.94. The van der Waals surface area contributed by atoms with Crippen LogP contribution in [0.2, 0.25) is 5.28 Å². The van der Waals surface area contributed by atoms with Crippen molar-refractivity contribution in [2.24, 2.45) is 0 Å². The van der Waals surface area contributed by atoms with Crippen LogP contribution < -0.4 is 4.72 Å². The van der Waals surface area contributed by atoms with Crippen LogP contribution in [0.4, 0.5) is 0 Å². The van der Waals surface area contributed by atoms with Crippen LogP contribution in [0, 0.1) is 0 Å². The number of sulfonamides is 1. The molecule has 0 aromatic carbocycles. The van der Waals surface area contributed by atoms with Crippen molar-refractivity contribution >= 4 is 33.4 Å². The highest BCUT2D eigenvalue weighted by molar-refractivity contribution is 7.98. The lowest BCUT2D eigenvalue weighted by molar-refractivity contribution is 0.583. The fourth-order valence-electron chi connectivity index (χ4n) is 0.801. The maximum atomic E-state index is 11.6. The Bertz CT molecular complexity index is 407. The number of hydrogen-bond donors (Lipinski definition) is 1. The van der Waals surface area contributed by atoms with Gasteiger partial charge in [0.05, 0.1) is 12.4 Å². The lowest BCUT2D eigenvalue weighted by atomic mass is 10.7. The van der Waals surface area contributed by atoms with Crippen LogP contribution in [0.25, 0.3) is 0 Å². The van der Waals surface area contributed by atoms with Crippen molar-refractivity contribution in [1.82, 2.24) is 14.7 Å². The molecule has 0 fully saturated rings. The molecule has 0 spiro atoms.